The first-order valence-corrected chi connectivity index (χ1v) is 10.3. The highest BCUT2D eigenvalue weighted by molar-refractivity contribution is 6.46. The molecule has 3 aromatic rings. The number of nitrogens with zero attached hydrogens (tertiary/aromatic N) is 1. The molecule has 32 heavy (non-hydrogen) atoms. The highest BCUT2D eigenvalue weighted by Gasteiger charge is 2.40. The minimum Gasteiger partial charge on any atom is -0.350 e. The molecule has 0 radical (unpaired) electrons. The van der Waals surface area contributed by atoms with Crippen LogP contribution < -0.4 is 15.5 Å². The van der Waals surface area contributed by atoms with E-state index in [4.69, 9.17) is 11.6 Å². The summed E-state index contributed by atoms with van der Waals surface area (Å²) in [6.45, 7) is 3.25. The highest BCUT2D eigenvalue weighted by atomic mass is 35.5. The Hall–Kier alpha value is -3.90. The third kappa shape index (κ3) is 4.13. The molecule has 0 aromatic heterocycles. The number of aryl methyl sites for hydroxylation is 1. The van der Waals surface area contributed by atoms with Crippen LogP contribution in [0.15, 0.2) is 78.5 Å². The van der Waals surface area contributed by atoms with E-state index >= 15 is 0 Å². The summed E-state index contributed by atoms with van der Waals surface area (Å²) in [7, 11) is 0. The van der Waals surface area contributed by atoms with Crippen molar-refractivity contribution in [3.8, 4) is 0 Å². The van der Waals surface area contributed by atoms with Gasteiger partial charge in [0.1, 0.15) is 5.70 Å². The molecule has 7 heteroatoms. The van der Waals surface area contributed by atoms with Gasteiger partial charge in [-0.3, -0.25) is 14.4 Å². The van der Waals surface area contributed by atoms with Gasteiger partial charge in [0.2, 0.25) is 5.91 Å². The predicted molar refractivity (Wildman–Crippen MR) is 126 cm³/mol. The van der Waals surface area contributed by atoms with E-state index in [2.05, 4.69) is 10.6 Å². The Morgan fingerprint density at radius 1 is 0.875 bits per heavy atom. The molecule has 6 nitrogen and oxygen atoms in total. The standard InChI is InChI=1S/C25H20ClN3O3/c1-15-8-9-18(26)14-21(15)29-24(31)22(17-6-4-3-5-7-17)23(25(29)32)28-20-12-10-19(11-13-20)27-16(2)30/h3-14,28H,1-2H3,(H,27,30). The smallest absolute Gasteiger partial charge is 0.282 e. The maximum Gasteiger partial charge on any atom is 0.282 e. The Labute approximate surface area is 190 Å². The first kappa shape index (κ1) is 21.3. The Bertz CT molecular complexity index is 1250. The molecule has 2 N–H and O–H groups in total. The summed E-state index contributed by atoms with van der Waals surface area (Å²) in [6, 6.07) is 21.0. The van der Waals surface area contributed by atoms with Crippen molar-refractivity contribution in [3.63, 3.8) is 0 Å². The molecular formula is C25H20ClN3O3. The van der Waals surface area contributed by atoms with Crippen LogP contribution >= 0.6 is 11.6 Å². The molecule has 0 bridgehead atoms. The Morgan fingerprint density at radius 3 is 2.19 bits per heavy atom. The maximum absolute atomic E-state index is 13.5. The normalized spacial score (nSPS) is 13.5. The molecule has 0 fully saturated rings. The number of carbonyl (C=O) groups is 3. The van der Waals surface area contributed by atoms with Crippen molar-refractivity contribution in [1.82, 2.24) is 0 Å². The predicted octanol–water partition coefficient (Wildman–Crippen LogP) is 5.00. The lowest BCUT2D eigenvalue weighted by Gasteiger charge is -2.18. The van der Waals surface area contributed by atoms with Crippen LogP contribution in [0.5, 0.6) is 0 Å². The van der Waals surface area contributed by atoms with E-state index in [1.165, 1.54) is 6.92 Å². The van der Waals surface area contributed by atoms with E-state index in [1.54, 1.807) is 54.6 Å². The molecule has 1 aliphatic rings. The number of halogens is 1. The van der Waals surface area contributed by atoms with Crippen LogP contribution in [0.1, 0.15) is 18.1 Å². The fourth-order valence-corrected chi connectivity index (χ4v) is 3.71. The van der Waals surface area contributed by atoms with Crippen molar-refractivity contribution in [2.45, 2.75) is 13.8 Å². The van der Waals surface area contributed by atoms with Crippen LogP contribution in [-0.2, 0) is 14.4 Å². The number of rotatable bonds is 5. The number of hydrogen-bond acceptors (Lipinski definition) is 4. The highest BCUT2D eigenvalue weighted by Crippen LogP contribution is 2.36. The minimum absolute atomic E-state index is 0.174. The van der Waals surface area contributed by atoms with Crippen LogP contribution in [0.2, 0.25) is 5.02 Å². The molecule has 0 atom stereocenters. The summed E-state index contributed by atoms with van der Waals surface area (Å²) in [5.41, 5.74) is 3.51. The first-order chi connectivity index (χ1) is 15.3. The first-order valence-electron chi connectivity index (χ1n) is 9.94. The van der Waals surface area contributed by atoms with Gasteiger partial charge >= 0.3 is 0 Å². The van der Waals surface area contributed by atoms with Crippen LogP contribution in [0, 0.1) is 6.92 Å². The number of amides is 3. The monoisotopic (exact) mass is 445 g/mol. The second-order valence-corrected chi connectivity index (χ2v) is 7.81. The van der Waals surface area contributed by atoms with Gasteiger partial charge in [-0.25, -0.2) is 4.90 Å². The zero-order valence-corrected chi connectivity index (χ0v) is 18.2. The van der Waals surface area contributed by atoms with Gasteiger partial charge in [0, 0.05) is 23.3 Å². The average molecular weight is 446 g/mol. The summed E-state index contributed by atoms with van der Waals surface area (Å²) in [4.78, 5) is 39.3. The average Bonchev–Trinajstić information content (AvgIpc) is 3.01. The molecule has 3 aromatic carbocycles. The van der Waals surface area contributed by atoms with E-state index in [-0.39, 0.29) is 17.2 Å². The second kappa shape index (κ2) is 8.69. The van der Waals surface area contributed by atoms with Crippen LogP contribution in [0.25, 0.3) is 5.57 Å². The van der Waals surface area contributed by atoms with Crippen molar-refractivity contribution in [2.75, 3.05) is 15.5 Å². The molecule has 0 aliphatic carbocycles. The lowest BCUT2D eigenvalue weighted by atomic mass is 10.0. The SMILES string of the molecule is CC(=O)Nc1ccc(NC2=C(c3ccccc3)C(=O)N(c3cc(Cl)ccc3C)C2=O)cc1. The van der Waals surface area contributed by atoms with Gasteiger partial charge in [-0.2, -0.15) is 0 Å². The van der Waals surface area contributed by atoms with Gasteiger partial charge in [-0.05, 0) is 54.4 Å². The van der Waals surface area contributed by atoms with Crippen molar-refractivity contribution in [2.24, 2.45) is 0 Å². The summed E-state index contributed by atoms with van der Waals surface area (Å²) in [5.74, 6) is -1.07. The Kier molecular flexibility index (Phi) is 5.79. The molecule has 4 rings (SSSR count). The maximum atomic E-state index is 13.5. The summed E-state index contributed by atoms with van der Waals surface area (Å²) in [5, 5.41) is 6.23. The molecule has 1 heterocycles. The van der Waals surface area contributed by atoms with Gasteiger partial charge in [0.05, 0.1) is 11.3 Å². The Morgan fingerprint density at radius 2 is 1.53 bits per heavy atom. The van der Waals surface area contributed by atoms with Crippen molar-refractivity contribution in [1.29, 1.82) is 0 Å². The van der Waals surface area contributed by atoms with Gasteiger partial charge in [-0.15, -0.1) is 0 Å². The number of hydrogen-bond donors (Lipinski definition) is 2. The van der Waals surface area contributed by atoms with E-state index in [9.17, 15) is 14.4 Å². The van der Waals surface area contributed by atoms with Crippen molar-refractivity contribution >= 4 is 52.0 Å². The van der Waals surface area contributed by atoms with E-state index < -0.39 is 11.8 Å². The molecule has 0 saturated carbocycles. The van der Waals surface area contributed by atoms with Crippen molar-refractivity contribution < 1.29 is 14.4 Å². The lowest BCUT2D eigenvalue weighted by Crippen LogP contribution is -2.33. The number of benzene rings is 3. The molecule has 0 spiro atoms. The molecule has 160 valence electrons. The fourth-order valence-electron chi connectivity index (χ4n) is 3.55. The van der Waals surface area contributed by atoms with Crippen LogP contribution in [0.4, 0.5) is 17.1 Å². The van der Waals surface area contributed by atoms with Crippen LogP contribution in [0.3, 0.4) is 0 Å². The third-order valence-electron chi connectivity index (χ3n) is 5.03. The molecule has 3 amide bonds. The van der Waals surface area contributed by atoms with Crippen LogP contribution in [-0.4, -0.2) is 17.7 Å². The zero-order chi connectivity index (χ0) is 22.8. The molecule has 1 aliphatic heterocycles. The third-order valence-corrected chi connectivity index (χ3v) is 5.27. The summed E-state index contributed by atoms with van der Waals surface area (Å²) >= 11 is 6.15. The number of carbonyl (C=O) groups excluding carboxylic acids is 3. The minimum atomic E-state index is -0.467. The van der Waals surface area contributed by atoms with E-state index in [1.807, 2.05) is 25.1 Å². The van der Waals surface area contributed by atoms with E-state index in [0.29, 0.717) is 27.6 Å². The van der Waals surface area contributed by atoms with Crippen molar-refractivity contribution in [3.05, 3.63) is 94.6 Å². The molecule has 0 unspecified atom stereocenters. The largest absolute Gasteiger partial charge is 0.350 e. The van der Waals surface area contributed by atoms with Gasteiger partial charge in [0.15, 0.2) is 0 Å². The van der Waals surface area contributed by atoms with Gasteiger partial charge in [0.25, 0.3) is 11.8 Å². The summed E-state index contributed by atoms with van der Waals surface area (Å²) < 4.78 is 0. The summed E-state index contributed by atoms with van der Waals surface area (Å²) in [6.07, 6.45) is 0. The quantitative estimate of drug-likeness (QED) is 0.541. The molecular weight excluding hydrogens is 426 g/mol. The fraction of sp³-hybridized carbons (Fsp3) is 0.0800. The van der Waals surface area contributed by atoms with Gasteiger partial charge < -0.3 is 10.6 Å². The number of anilines is 3. The zero-order valence-electron chi connectivity index (χ0n) is 17.5. The number of nitrogens with one attached hydrogen (secondary N) is 2. The Balaban J connectivity index is 1.76. The van der Waals surface area contributed by atoms with Gasteiger partial charge in [-0.1, -0.05) is 48.0 Å². The topological polar surface area (TPSA) is 78.5 Å². The number of imide groups is 1. The molecule has 0 saturated heterocycles. The van der Waals surface area contributed by atoms with E-state index in [0.717, 1.165) is 10.5 Å². The second-order valence-electron chi connectivity index (χ2n) is 7.38. The lowest BCUT2D eigenvalue weighted by molar-refractivity contribution is -0.120.